The molecule has 27 heavy (non-hydrogen) atoms. The van der Waals surface area contributed by atoms with E-state index in [1.807, 2.05) is 48.5 Å². The number of carbonyl (C=O) groups is 2. The van der Waals surface area contributed by atoms with E-state index in [-0.39, 0.29) is 24.5 Å². The molecule has 1 saturated heterocycles. The second-order valence-electron chi connectivity index (χ2n) is 7.19. The number of nitrogens with zero attached hydrogens (tertiary/aromatic N) is 1. The Bertz CT molecular complexity index is 849. The van der Waals surface area contributed by atoms with Gasteiger partial charge in [0.05, 0.1) is 13.2 Å². The first kappa shape index (κ1) is 17.6. The van der Waals surface area contributed by atoms with Gasteiger partial charge in [-0.05, 0) is 54.0 Å². The van der Waals surface area contributed by atoms with Gasteiger partial charge >= 0.3 is 6.09 Å². The summed E-state index contributed by atoms with van der Waals surface area (Å²) in [6.07, 6.45) is 2.29. The number of methoxy groups -OCH3 is 1. The van der Waals surface area contributed by atoms with E-state index < -0.39 is 6.09 Å². The lowest BCUT2D eigenvalue weighted by Crippen LogP contribution is -2.40. The first-order chi connectivity index (χ1) is 13.2. The summed E-state index contributed by atoms with van der Waals surface area (Å²) in [6, 6.07) is 15.7. The first-order valence-corrected chi connectivity index (χ1v) is 9.35. The van der Waals surface area contributed by atoms with E-state index in [4.69, 9.17) is 9.47 Å². The molecule has 1 fully saturated rings. The van der Waals surface area contributed by atoms with Crippen LogP contribution < -0.4 is 4.74 Å². The summed E-state index contributed by atoms with van der Waals surface area (Å²) in [5, 5.41) is 0. The molecule has 1 unspecified atom stereocenters. The van der Waals surface area contributed by atoms with Crippen molar-refractivity contribution in [1.29, 1.82) is 0 Å². The van der Waals surface area contributed by atoms with Crippen LogP contribution in [-0.4, -0.2) is 36.7 Å². The largest absolute Gasteiger partial charge is 0.497 e. The lowest BCUT2D eigenvalue weighted by atomic mass is 9.96. The van der Waals surface area contributed by atoms with Gasteiger partial charge < -0.3 is 9.47 Å². The summed E-state index contributed by atoms with van der Waals surface area (Å²) in [5.74, 6) is 0.836. The summed E-state index contributed by atoms with van der Waals surface area (Å²) < 4.78 is 10.5. The molecule has 1 aliphatic heterocycles. The van der Waals surface area contributed by atoms with E-state index in [0.29, 0.717) is 12.8 Å². The number of amides is 2. The fourth-order valence-electron chi connectivity index (χ4n) is 4.13. The average molecular weight is 365 g/mol. The van der Waals surface area contributed by atoms with Gasteiger partial charge in [-0.3, -0.25) is 4.79 Å². The molecule has 0 bridgehead atoms. The van der Waals surface area contributed by atoms with Crippen LogP contribution in [0, 0.1) is 0 Å². The van der Waals surface area contributed by atoms with Gasteiger partial charge in [-0.2, -0.15) is 0 Å². The van der Waals surface area contributed by atoms with Crippen LogP contribution in [0.1, 0.15) is 35.4 Å². The fraction of sp³-hybridized carbons (Fsp3) is 0.364. The normalized spacial score (nSPS) is 21.1. The van der Waals surface area contributed by atoms with Crippen molar-refractivity contribution in [3.63, 3.8) is 0 Å². The van der Waals surface area contributed by atoms with Gasteiger partial charge in [0, 0.05) is 6.42 Å². The van der Waals surface area contributed by atoms with E-state index in [0.717, 1.165) is 24.2 Å². The van der Waals surface area contributed by atoms with E-state index in [1.54, 1.807) is 7.11 Å². The van der Waals surface area contributed by atoms with Gasteiger partial charge in [-0.25, -0.2) is 9.69 Å². The minimum atomic E-state index is -0.520. The van der Waals surface area contributed by atoms with Crippen molar-refractivity contribution in [2.75, 3.05) is 13.7 Å². The van der Waals surface area contributed by atoms with Crippen molar-refractivity contribution < 1.29 is 19.1 Å². The molecule has 5 nitrogen and oxygen atoms in total. The summed E-state index contributed by atoms with van der Waals surface area (Å²) in [4.78, 5) is 26.5. The molecule has 5 heteroatoms. The van der Waals surface area contributed by atoms with Crippen molar-refractivity contribution in [2.24, 2.45) is 0 Å². The van der Waals surface area contributed by atoms with E-state index in [1.165, 1.54) is 16.0 Å². The highest BCUT2D eigenvalue weighted by Crippen LogP contribution is 2.38. The van der Waals surface area contributed by atoms with E-state index in [9.17, 15) is 9.59 Å². The van der Waals surface area contributed by atoms with Gasteiger partial charge in [0.15, 0.2) is 0 Å². The minimum absolute atomic E-state index is 0.143. The monoisotopic (exact) mass is 365 g/mol. The Morgan fingerprint density at radius 1 is 1.22 bits per heavy atom. The molecule has 2 aromatic rings. The molecule has 2 aromatic carbocycles. The second kappa shape index (κ2) is 7.43. The van der Waals surface area contributed by atoms with Gasteiger partial charge in [0.25, 0.3) is 0 Å². The van der Waals surface area contributed by atoms with Gasteiger partial charge in [0.2, 0.25) is 5.91 Å². The van der Waals surface area contributed by atoms with E-state index in [2.05, 4.69) is 0 Å². The van der Waals surface area contributed by atoms with Gasteiger partial charge in [0.1, 0.15) is 12.4 Å². The van der Waals surface area contributed by atoms with Crippen LogP contribution in [0.2, 0.25) is 0 Å². The smallest absolute Gasteiger partial charge is 0.416 e. The maximum absolute atomic E-state index is 12.9. The van der Waals surface area contributed by atoms with E-state index >= 15 is 0 Å². The summed E-state index contributed by atoms with van der Waals surface area (Å²) >= 11 is 0. The summed E-state index contributed by atoms with van der Waals surface area (Å²) in [6.45, 7) is 0.262. The van der Waals surface area contributed by atoms with Crippen LogP contribution in [-0.2, 0) is 22.4 Å². The molecule has 2 amide bonds. The number of fused-ring (bicyclic) bond motifs is 1. The third-order valence-corrected chi connectivity index (χ3v) is 5.52. The summed E-state index contributed by atoms with van der Waals surface area (Å²) in [7, 11) is 1.66. The third-order valence-electron chi connectivity index (χ3n) is 5.52. The standard InChI is InChI=1S/C22H23NO4/c1-26-19-9-10-20-16(12-19)7-8-17(20)13-21(24)23-18(14-27-22(23)25)11-15-5-3-2-4-6-15/h2-6,9-10,12,17-18H,7-8,11,13-14H2,1H3/t17-,18?/m0/s1. The highest BCUT2D eigenvalue weighted by Gasteiger charge is 2.39. The summed E-state index contributed by atoms with van der Waals surface area (Å²) in [5.41, 5.74) is 3.52. The molecule has 1 aliphatic carbocycles. The Labute approximate surface area is 158 Å². The van der Waals surface area contributed by atoms with Crippen LogP contribution in [0.3, 0.4) is 0 Å². The number of ether oxygens (including phenoxy) is 2. The Hall–Kier alpha value is -2.82. The van der Waals surface area contributed by atoms with Crippen LogP contribution in [0.4, 0.5) is 4.79 Å². The van der Waals surface area contributed by atoms with Crippen molar-refractivity contribution in [3.8, 4) is 5.75 Å². The molecule has 0 N–H and O–H groups in total. The molecule has 1 heterocycles. The molecule has 140 valence electrons. The highest BCUT2D eigenvalue weighted by atomic mass is 16.6. The van der Waals surface area contributed by atoms with Crippen molar-refractivity contribution in [2.45, 2.75) is 37.6 Å². The number of cyclic esters (lactones) is 1. The lowest BCUT2D eigenvalue weighted by molar-refractivity contribution is -0.129. The van der Waals surface area contributed by atoms with Gasteiger partial charge in [-0.1, -0.05) is 36.4 Å². The molecule has 2 aliphatic rings. The van der Waals surface area contributed by atoms with Crippen molar-refractivity contribution in [3.05, 3.63) is 65.2 Å². The van der Waals surface area contributed by atoms with Crippen LogP contribution in [0.25, 0.3) is 0 Å². The second-order valence-corrected chi connectivity index (χ2v) is 7.19. The molecule has 2 atom stereocenters. The maximum Gasteiger partial charge on any atom is 0.416 e. The predicted octanol–water partition coefficient (Wildman–Crippen LogP) is 3.71. The molecule has 0 saturated carbocycles. The molecule has 0 spiro atoms. The zero-order chi connectivity index (χ0) is 18.8. The van der Waals surface area contributed by atoms with Crippen LogP contribution in [0.15, 0.2) is 48.5 Å². The quantitative estimate of drug-likeness (QED) is 0.811. The Morgan fingerprint density at radius 2 is 2.04 bits per heavy atom. The topological polar surface area (TPSA) is 55.8 Å². The lowest BCUT2D eigenvalue weighted by Gasteiger charge is -2.21. The number of hydrogen-bond donors (Lipinski definition) is 0. The number of aryl methyl sites for hydroxylation is 1. The number of rotatable bonds is 5. The molecule has 0 aromatic heterocycles. The molecular formula is C22H23NO4. The number of imide groups is 1. The van der Waals surface area contributed by atoms with Gasteiger partial charge in [-0.15, -0.1) is 0 Å². The maximum atomic E-state index is 12.9. The van der Waals surface area contributed by atoms with Crippen molar-refractivity contribution >= 4 is 12.0 Å². The number of carbonyl (C=O) groups excluding carboxylic acids is 2. The van der Waals surface area contributed by atoms with Crippen LogP contribution >= 0.6 is 0 Å². The molecule has 4 rings (SSSR count). The SMILES string of the molecule is COc1ccc2c(c1)CC[C@H]2CC(=O)N1C(=O)OCC1Cc1ccccc1. The predicted molar refractivity (Wildman–Crippen MR) is 101 cm³/mol. The number of benzene rings is 2. The fourth-order valence-corrected chi connectivity index (χ4v) is 4.13. The molecule has 0 radical (unpaired) electrons. The first-order valence-electron chi connectivity index (χ1n) is 9.35. The number of hydrogen-bond acceptors (Lipinski definition) is 4. The van der Waals surface area contributed by atoms with Crippen molar-refractivity contribution in [1.82, 2.24) is 4.90 Å². The zero-order valence-corrected chi connectivity index (χ0v) is 15.4. The molecular weight excluding hydrogens is 342 g/mol. The average Bonchev–Trinajstić information content (AvgIpc) is 3.25. The van der Waals surface area contributed by atoms with Crippen LogP contribution in [0.5, 0.6) is 5.75 Å². The zero-order valence-electron chi connectivity index (χ0n) is 15.4. The Morgan fingerprint density at radius 3 is 2.81 bits per heavy atom. The Kier molecular flexibility index (Phi) is 4.84. The minimum Gasteiger partial charge on any atom is -0.497 e. The highest BCUT2D eigenvalue weighted by molar-refractivity contribution is 5.94. The third kappa shape index (κ3) is 3.54. The Balaban J connectivity index is 1.47.